The molecule has 7 heteroatoms. The van der Waals surface area contributed by atoms with Crippen LogP contribution in [0.4, 0.5) is 0 Å². The minimum atomic E-state index is -0.0991. The molecule has 152 valence electrons. The Labute approximate surface area is 179 Å². The summed E-state index contributed by atoms with van der Waals surface area (Å²) in [5.74, 6) is 0.717. The molecule has 0 radical (unpaired) electrons. The van der Waals surface area contributed by atoms with Gasteiger partial charge in [0.1, 0.15) is 12.2 Å². The molecule has 0 saturated carbocycles. The van der Waals surface area contributed by atoms with Gasteiger partial charge in [0, 0.05) is 16.8 Å². The van der Waals surface area contributed by atoms with Crippen LogP contribution in [0.5, 0.6) is 0 Å². The van der Waals surface area contributed by atoms with E-state index in [1.165, 1.54) is 5.56 Å². The quantitative estimate of drug-likeness (QED) is 0.474. The van der Waals surface area contributed by atoms with Gasteiger partial charge in [0.05, 0.1) is 6.04 Å². The van der Waals surface area contributed by atoms with Crippen molar-refractivity contribution in [2.45, 2.75) is 26.4 Å². The lowest BCUT2D eigenvalue weighted by atomic mass is 10.1. The number of carbonyl (C=O) groups is 1. The molecule has 0 aliphatic carbocycles. The van der Waals surface area contributed by atoms with E-state index in [2.05, 4.69) is 15.5 Å². The van der Waals surface area contributed by atoms with E-state index in [1.54, 1.807) is 16.7 Å². The molecule has 0 spiro atoms. The molecule has 0 fully saturated rings. The Kier molecular flexibility index (Phi) is 5.68. The predicted molar refractivity (Wildman–Crippen MR) is 116 cm³/mol. The molecule has 30 heavy (non-hydrogen) atoms. The minimum Gasteiger partial charge on any atom is -0.348 e. The number of aromatic nitrogens is 3. The van der Waals surface area contributed by atoms with E-state index in [9.17, 15) is 4.79 Å². The Morgan fingerprint density at radius 3 is 2.60 bits per heavy atom. The Morgan fingerprint density at radius 2 is 1.87 bits per heavy atom. The number of hydrogen-bond acceptors (Lipinski definition) is 4. The van der Waals surface area contributed by atoms with Gasteiger partial charge >= 0.3 is 0 Å². The summed E-state index contributed by atoms with van der Waals surface area (Å²) in [6.45, 7) is 4.16. The molecule has 2 heterocycles. The van der Waals surface area contributed by atoms with Gasteiger partial charge in [0.15, 0.2) is 0 Å². The van der Waals surface area contributed by atoms with E-state index < -0.39 is 0 Å². The fourth-order valence-electron chi connectivity index (χ4n) is 3.17. The molecule has 6 nitrogen and oxygen atoms in total. The molecule has 0 bridgehead atoms. The van der Waals surface area contributed by atoms with Crippen molar-refractivity contribution in [2.24, 2.45) is 0 Å². The second kappa shape index (κ2) is 8.55. The first-order valence-corrected chi connectivity index (χ1v) is 9.98. The minimum absolute atomic E-state index is 0.0861. The van der Waals surface area contributed by atoms with Crippen LogP contribution < -0.4 is 5.32 Å². The van der Waals surface area contributed by atoms with Crippen molar-refractivity contribution in [2.75, 3.05) is 0 Å². The number of nitrogens with one attached hydrogen (secondary N) is 1. The number of amides is 1. The van der Waals surface area contributed by atoms with Gasteiger partial charge in [-0.05, 0) is 55.8 Å². The molecule has 0 aliphatic rings. The first kappa shape index (κ1) is 19.9. The molecule has 1 N–H and O–H groups in total. The second-order valence-corrected chi connectivity index (χ2v) is 7.59. The van der Waals surface area contributed by atoms with Crippen LogP contribution in [-0.2, 0) is 11.3 Å². The molecule has 2 aromatic heterocycles. The number of aryl methyl sites for hydroxylation is 1. The van der Waals surface area contributed by atoms with Crippen LogP contribution in [0, 0.1) is 6.92 Å². The van der Waals surface area contributed by atoms with E-state index in [4.69, 9.17) is 16.1 Å². The van der Waals surface area contributed by atoms with Crippen LogP contribution in [0.1, 0.15) is 24.1 Å². The van der Waals surface area contributed by atoms with Gasteiger partial charge in [-0.2, -0.15) is 4.98 Å². The van der Waals surface area contributed by atoms with Gasteiger partial charge in [-0.3, -0.25) is 4.79 Å². The zero-order chi connectivity index (χ0) is 21.1. The number of rotatable bonds is 6. The molecule has 1 unspecified atom stereocenters. The molecule has 1 atom stereocenters. The Bertz CT molecular complexity index is 1150. The fraction of sp³-hybridized carbons (Fsp3) is 0.174. The van der Waals surface area contributed by atoms with E-state index in [-0.39, 0.29) is 18.5 Å². The Hall–Kier alpha value is -3.38. The Morgan fingerprint density at radius 1 is 1.13 bits per heavy atom. The van der Waals surface area contributed by atoms with Crippen molar-refractivity contribution in [3.63, 3.8) is 0 Å². The molecule has 4 rings (SSSR count). The van der Waals surface area contributed by atoms with Gasteiger partial charge in [-0.25, -0.2) is 0 Å². The monoisotopic (exact) mass is 420 g/mol. The summed E-state index contributed by atoms with van der Waals surface area (Å²) in [5.41, 5.74) is 3.73. The predicted octanol–water partition coefficient (Wildman–Crippen LogP) is 5.04. The Balaban J connectivity index is 1.46. The summed E-state index contributed by atoms with van der Waals surface area (Å²) in [6.07, 6.45) is 1.82. The largest absolute Gasteiger partial charge is 0.348 e. The highest BCUT2D eigenvalue weighted by Gasteiger charge is 2.16. The van der Waals surface area contributed by atoms with Crippen molar-refractivity contribution in [1.82, 2.24) is 20.0 Å². The topological polar surface area (TPSA) is 73.0 Å². The number of nitrogens with zero attached hydrogens (tertiary/aromatic N) is 3. The highest BCUT2D eigenvalue weighted by Crippen LogP contribution is 2.24. The average Bonchev–Trinajstić information content (AvgIpc) is 3.38. The summed E-state index contributed by atoms with van der Waals surface area (Å²) in [5, 5.41) is 7.72. The maximum Gasteiger partial charge on any atom is 0.274 e. The van der Waals surface area contributed by atoms with Crippen molar-refractivity contribution >= 4 is 17.5 Å². The van der Waals surface area contributed by atoms with Gasteiger partial charge in [-0.1, -0.05) is 46.6 Å². The number of carbonyl (C=O) groups excluding carboxylic acids is 1. The summed E-state index contributed by atoms with van der Waals surface area (Å²) in [6, 6.07) is 18.9. The van der Waals surface area contributed by atoms with Crippen LogP contribution in [0.25, 0.3) is 23.0 Å². The maximum absolute atomic E-state index is 12.6. The molecule has 1 amide bonds. The highest BCUT2D eigenvalue weighted by molar-refractivity contribution is 6.30. The second-order valence-electron chi connectivity index (χ2n) is 7.15. The summed E-state index contributed by atoms with van der Waals surface area (Å²) in [4.78, 5) is 17.1. The number of halogens is 1. The fourth-order valence-corrected chi connectivity index (χ4v) is 3.30. The van der Waals surface area contributed by atoms with Crippen LogP contribution in [0.3, 0.4) is 0 Å². The SMILES string of the molecule is Cc1ccc(C(C)NC(=O)Cn2cccc2-c2nc(-c3ccc(Cl)cc3)no2)cc1. The van der Waals surface area contributed by atoms with Gasteiger partial charge in [0.25, 0.3) is 5.89 Å². The molecule has 0 aliphatic heterocycles. The van der Waals surface area contributed by atoms with Crippen molar-refractivity contribution in [3.8, 4) is 23.0 Å². The number of hydrogen-bond donors (Lipinski definition) is 1. The highest BCUT2D eigenvalue weighted by atomic mass is 35.5. The van der Waals surface area contributed by atoms with E-state index >= 15 is 0 Å². The third kappa shape index (κ3) is 4.44. The van der Waals surface area contributed by atoms with Gasteiger partial charge < -0.3 is 14.4 Å². The first-order chi connectivity index (χ1) is 14.5. The molecule has 0 saturated heterocycles. The average molecular weight is 421 g/mol. The molecule has 2 aromatic carbocycles. The van der Waals surface area contributed by atoms with Crippen LogP contribution >= 0.6 is 11.6 Å². The maximum atomic E-state index is 12.6. The molecule has 4 aromatic rings. The summed E-state index contributed by atoms with van der Waals surface area (Å²) < 4.78 is 7.22. The smallest absolute Gasteiger partial charge is 0.274 e. The zero-order valence-electron chi connectivity index (χ0n) is 16.7. The number of benzene rings is 2. The van der Waals surface area contributed by atoms with Crippen LogP contribution in [0.15, 0.2) is 71.4 Å². The molecular formula is C23H21ClN4O2. The lowest BCUT2D eigenvalue weighted by molar-refractivity contribution is -0.122. The van der Waals surface area contributed by atoms with Gasteiger partial charge in [0.2, 0.25) is 11.7 Å². The lowest BCUT2D eigenvalue weighted by Crippen LogP contribution is -2.30. The summed E-state index contributed by atoms with van der Waals surface area (Å²) in [7, 11) is 0. The van der Waals surface area contributed by atoms with E-state index in [0.717, 1.165) is 11.1 Å². The third-order valence-electron chi connectivity index (χ3n) is 4.85. The van der Waals surface area contributed by atoms with Crippen molar-refractivity contribution < 1.29 is 9.32 Å². The van der Waals surface area contributed by atoms with Crippen molar-refractivity contribution in [3.05, 3.63) is 83.0 Å². The van der Waals surface area contributed by atoms with E-state index in [1.807, 2.05) is 68.6 Å². The lowest BCUT2D eigenvalue weighted by Gasteiger charge is -2.15. The molecular weight excluding hydrogens is 400 g/mol. The standard InChI is InChI=1S/C23H21ClN4O2/c1-15-5-7-17(8-6-15)16(2)25-21(29)14-28-13-3-4-20(28)23-26-22(27-30-23)18-9-11-19(24)12-10-18/h3-13,16H,14H2,1-2H3,(H,25,29). The van der Waals surface area contributed by atoms with Crippen molar-refractivity contribution in [1.29, 1.82) is 0 Å². The normalized spacial score (nSPS) is 12.0. The first-order valence-electron chi connectivity index (χ1n) is 9.60. The van der Waals surface area contributed by atoms with Crippen LogP contribution in [0.2, 0.25) is 5.02 Å². The van der Waals surface area contributed by atoms with Gasteiger partial charge in [-0.15, -0.1) is 0 Å². The zero-order valence-corrected chi connectivity index (χ0v) is 17.4. The van der Waals surface area contributed by atoms with E-state index in [0.29, 0.717) is 22.4 Å². The summed E-state index contributed by atoms with van der Waals surface area (Å²) >= 11 is 5.93. The third-order valence-corrected chi connectivity index (χ3v) is 5.10. The van der Waals surface area contributed by atoms with Crippen LogP contribution in [-0.4, -0.2) is 20.6 Å².